The van der Waals surface area contributed by atoms with Crippen LogP contribution in [0.4, 0.5) is 5.82 Å². The highest BCUT2D eigenvalue weighted by atomic mass is 16.7. The van der Waals surface area contributed by atoms with E-state index in [2.05, 4.69) is 15.5 Å². The maximum Gasteiger partial charge on any atom is 0.251 e. The van der Waals surface area contributed by atoms with Gasteiger partial charge >= 0.3 is 0 Å². The molecular formula is C18H15N3O5. The minimum absolute atomic E-state index is 0.108. The van der Waals surface area contributed by atoms with Crippen molar-refractivity contribution in [3.05, 3.63) is 54.4 Å². The lowest BCUT2D eigenvalue weighted by Gasteiger charge is -2.03. The third kappa shape index (κ3) is 3.65. The highest BCUT2D eigenvalue weighted by molar-refractivity contribution is 5.90. The van der Waals surface area contributed by atoms with Crippen LogP contribution in [-0.2, 0) is 16.1 Å². The number of fused-ring (bicyclic) bond motifs is 1. The van der Waals surface area contributed by atoms with E-state index >= 15 is 0 Å². The Balaban J connectivity index is 1.30. The van der Waals surface area contributed by atoms with Crippen molar-refractivity contribution in [2.24, 2.45) is 0 Å². The molecule has 4 rings (SSSR count). The van der Waals surface area contributed by atoms with Crippen molar-refractivity contribution >= 4 is 11.7 Å². The van der Waals surface area contributed by atoms with E-state index in [1.807, 2.05) is 18.2 Å². The van der Waals surface area contributed by atoms with Crippen LogP contribution in [0, 0.1) is 0 Å². The summed E-state index contributed by atoms with van der Waals surface area (Å²) in [6.45, 7) is 0.265. The minimum Gasteiger partial charge on any atom is -0.454 e. The van der Waals surface area contributed by atoms with Crippen molar-refractivity contribution in [1.82, 2.24) is 10.1 Å². The minimum atomic E-state index is -0.289. The number of anilines is 1. The average Bonchev–Trinajstić information content (AvgIpc) is 3.31. The maximum atomic E-state index is 11.8. The highest BCUT2D eigenvalue weighted by Gasteiger charge is 2.16. The lowest BCUT2D eigenvalue weighted by Crippen LogP contribution is -2.18. The van der Waals surface area contributed by atoms with Crippen LogP contribution in [0.2, 0.25) is 0 Å². The zero-order valence-electron chi connectivity index (χ0n) is 13.7. The molecule has 8 heteroatoms. The molecule has 0 fully saturated rings. The summed E-state index contributed by atoms with van der Waals surface area (Å²) in [5, 5.41) is 6.59. The largest absolute Gasteiger partial charge is 0.454 e. The van der Waals surface area contributed by atoms with Gasteiger partial charge in [0.25, 0.3) is 5.91 Å². The normalized spacial score (nSPS) is 12.2. The molecule has 8 nitrogen and oxygen atoms in total. The Morgan fingerprint density at radius 2 is 2.08 bits per heavy atom. The first-order valence-electron chi connectivity index (χ1n) is 7.92. The Morgan fingerprint density at radius 1 is 1.15 bits per heavy atom. The summed E-state index contributed by atoms with van der Waals surface area (Å²) in [5.41, 5.74) is 1.41. The number of nitrogens with zero attached hydrogens (tertiary/aromatic N) is 2. The number of aromatic nitrogens is 2. The lowest BCUT2D eigenvalue weighted by molar-refractivity contribution is -0.121. The Bertz CT molecular complexity index is 910. The van der Waals surface area contributed by atoms with Crippen LogP contribution in [-0.4, -0.2) is 29.4 Å². The standard InChI is InChI=1S/C18H15N3O5/c22-18(20-17-3-1-2-6-19-17)10-23-9-13-8-15(26-21-13)12-4-5-14-16(7-12)25-11-24-14/h1-8H,9-11H2,(H,19,20,22). The van der Waals surface area contributed by atoms with Crippen LogP contribution in [0.3, 0.4) is 0 Å². The Morgan fingerprint density at radius 3 is 2.96 bits per heavy atom. The second-order valence-electron chi connectivity index (χ2n) is 5.51. The summed E-state index contributed by atoms with van der Waals surface area (Å²) in [6, 6.07) is 12.5. The lowest BCUT2D eigenvalue weighted by atomic mass is 10.1. The molecule has 1 aliphatic rings. The van der Waals surface area contributed by atoms with Gasteiger partial charge in [-0.2, -0.15) is 0 Å². The van der Waals surface area contributed by atoms with E-state index in [0.717, 1.165) is 5.56 Å². The van der Waals surface area contributed by atoms with Crippen molar-refractivity contribution in [3.8, 4) is 22.8 Å². The molecule has 1 aliphatic heterocycles. The monoisotopic (exact) mass is 353 g/mol. The molecule has 0 unspecified atom stereocenters. The van der Waals surface area contributed by atoms with Crippen LogP contribution in [0.15, 0.2) is 53.2 Å². The number of carbonyl (C=O) groups is 1. The molecule has 0 radical (unpaired) electrons. The predicted octanol–water partition coefficient (Wildman–Crippen LogP) is 2.62. The van der Waals surface area contributed by atoms with Crippen LogP contribution in [0.25, 0.3) is 11.3 Å². The Hall–Kier alpha value is -3.39. The quantitative estimate of drug-likeness (QED) is 0.728. The van der Waals surface area contributed by atoms with Gasteiger partial charge in [0.15, 0.2) is 17.3 Å². The van der Waals surface area contributed by atoms with Gasteiger partial charge < -0.3 is 24.1 Å². The van der Waals surface area contributed by atoms with E-state index in [4.69, 9.17) is 18.7 Å². The molecular weight excluding hydrogens is 338 g/mol. The molecule has 3 heterocycles. The van der Waals surface area contributed by atoms with Crippen molar-refractivity contribution in [3.63, 3.8) is 0 Å². The third-order valence-corrected chi connectivity index (χ3v) is 3.63. The van der Waals surface area contributed by atoms with Crippen LogP contribution >= 0.6 is 0 Å². The topological polar surface area (TPSA) is 95.7 Å². The summed E-state index contributed by atoms with van der Waals surface area (Å²) in [4.78, 5) is 15.8. The molecule has 0 saturated heterocycles. The Labute approximate surface area is 148 Å². The summed E-state index contributed by atoms with van der Waals surface area (Å²) in [6.07, 6.45) is 1.60. The molecule has 0 saturated carbocycles. The van der Waals surface area contributed by atoms with Crippen molar-refractivity contribution in [1.29, 1.82) is 0 Å². The number of ether oxygens (including phenoxy) is 3. The van der Waals surface area contributed by atoms with Gasteiger partial charge in [0.1, 0.15) is 18.1 Å². The van der Waals surface area contributed by atoms with Gasteiger partial charge in [0.05, 0.1) is 6.61 Å². The number of benzene rings is 1. The molecule has 1 amide bonds. The second kappa shape index (κ2) is 7.24. The van der Waals surface area contributed by atoms with Crippen LogP contribution < -0.4 is 14.8 Å². The second-order valence-corrected chi connectivity index (χ2v) is 5.51. The van der Waals surface area contributed by atoms with E-state index < -0.39 is 0 Å². The van der Waals surface area contributed by atoms with Gasteiger partial charge in [-0.25, -0.2) is 4.98 Å². The summed E-state index contributed by atoms with van der Waals surface area (Å²) < 4.78 is 21.3. The van der Waals surface area contributed by atoms with Crippen molar-refractivity contribution in [2.75, 3.05) is 18.7 Å². The van der Waals surface area contributed by atoms with E-state index in [1.165, 1.54) is 0 Å². The van der Waals surface area contributed by atoms with Gasteiger partial charge in [-0.15, -0.1) is 0 Å². The first-order chi connectivity index (χ1) is 12.8. The van der Waals surface area contributed by atoms with Crippen LogP contribution in [0.5, 0.6) is 11.5 Å². The Kier molecular flexibility index (Phi) is 4.48. The molecule has 0 spiro atoms. The molecule has 132 valence electrons. The fourth-order valence-electron chi connectivity index (χ4n) is 2.43. The first-order valence-corrected chi connectivity index (χ1v) is 7.92. The molecule has 1 aromatic carbocycles. The van der Waals surface area contributed by atoms with Gasteiger partial charge in [0, 0.05) is 17.8 Å². The zero-order valence-corrected chi connectivity index (χ0v) is 13.7. The maximum absolute atomic E-state index is 11.8. The SMILES string of the molecule is O=C(COCc1cc(-c2ccc3c(c2)OCO3)on1)Nc1ccccn1. The average molecular weight is 353 g/mol. The number of nitrogens with one attached hydrogen (secondary N) is 1. The summed E-state index contributed by atoms with van der Waals surface area (Å²) >= 11 is 0. The molecule has 0 atom stereocenters. The number of rotatable bonds is 6. The number of pyridine rings is 1. The van der Waals surface area contributed by atoms with Gasteiger partial charge in [-0.1, -0.05) is 11.2 Å². The van der Waals surface area contributed by atoms with E-state index in [9.17, 15) is 4.79 Å². The van der Waals surface area contributed by atoms with Gasteiger partial charge in [-0.05, 0) is 30.3 Å². The van der Waals surface area contributed by atoms with E-state index in [1.54, 1.807) is 30.5 Å². The number of amides is 1. The smallest absolute Gasteiger partial charge is 0.251 e. The highest BCUT2D eigenvalue weighted by Crippen LogP contribution is 2.36. The fourth-order valence-corrected chi connectivity index (χ4v) is 2.43. The molecule has 3 aromatic rings. The van der Waals surface area contributed by atoms with E-state index in [0.29, 0.717) is 28.8 Å². The van der Waals surface area contributed by atoms with Crippen LogP contribution in [0.1, 0.15) is 5.69 Å². The number of hydrogen-bond donors (Lipinski definition) is 1. The molecule has 2 aromatic heterocycles. The summed E-state index contributed by atoms with van der Waals surface area (Å²) in [5.74, 6) is 2.15. The van der Waals surface area contributed by atoms with Crippen molar-refractivity contribution in [2.45, 2.75) is 6.61 Å². The van der Waals surface area contributed by atoms with E-state index in [-0.39, 0.29) is 25.9 Å². The van der Waals surface area contributed by atoms with Crippen molar-refractivity contribution < 1.29 is 23.5 Å². The molecule has 26 heavy (non-hydrogen) atoms. The zero-order chi connectivity index (χ0) is 17.8. The molecule has 0 aliphatic carbocycles. The summed E-state index contributed by atoms with van der Waals surface area (Å²) in [7, 11) is 0. The third-order valence-electron chi connectivity index (χ3n) is 3.63. The van der Waals surface area contributed by atoms with Gasteiger partial charge in [-0.3, -0.25) is 4.79 Å². The number of hydrogen-bond acceptors (Lipinski definition) is 7. The van der Waals surface area contributed by atoms with Gasteiger partial charge in [0.2, 0.25) is 6.79 Å². The fraction of sp³-hybridized carbons (Fsp3) is 0.167. The molecule has 1 N–H and O–H groups in total. The molecule has 0 bridgehead atoms. The predicted molar refractivity (Wildman–Crippen MR) is 90.6 cm³/mol. The first kappa shape index (κ1) is 16.1. The number of carbonyl (C=O) groups excluding carboxylic acids is 1.